The molecule has 0 bridgehead atoms. The summed E-state index contributed by atoms with van der Waals surface area (Å²) < 4.78 is 40.2. The van der Waals surface area contributed by atoms with E-state index in [9.17, 15) is 18.0 Å². The number of carbonyl (C=O) groups is 1. The molecule has 3 aromatic heterocycles. The van der Waals surface area contributed by atoms with Gasteiger partial charge in [-0.3, -0.25) is 14.2 Å². The number of amides is 1. The van der Waals surface area contributed by atoms with Crippen molar-refractivity contribution in [1.29, 1.82) is 0 Å². The minimum absolute atomic E-state index is 0.0620. The number of alkyl halides is 3. The van der Waals surface area contributed by atoms with Crippen LogP contribution >= 0.6 is 0 Å². The largest absolute Gasteiger partial charge is 0.431 e. The molecule has 0 saturated heterocycles. The van der Waals surface area contributed by atoms with E-state index in [4.69, 9.17) is 0 Å². The summed E-state index contributed by atoms with van der Waals surface area (Å²) in [5, 5.41) is 2.70. The number of rotatable bonds is 4. The SMILES string of the molecule is Cc1cc(-c2ccc(CNC(=O)c3cn4c(C(F)(F)F)cccc4n3)cc2)ccn1. The lowest BCUT2D eigenvalue weighted by atomic mass is 10.0. The van der Waals surface area contributed by atoms with Crippen LogP contribution in [-0.2, 0) is 12.7 Å². The van der Waals surface area contributed by atoms with Crippen LogP contribution in [-0.4, -0.2) is 20.3 Å². The lowest BCUT2D eigenvalue weighted by molar-refractivity contribution is -0.142. The second-order valence-electron chi connectivity index (χ2n) is 6.83. The first-order valence-electron chi connectivity index (χ1n) is 9.17. The second-order valence-corrected chi connectivity index (χ2v) is 6.83. The molecule has 152 valence electrons. The molecule has 1 aromatic carbocycles. The maximum atomic E-state index is 13.1. The number of aromatic nitrogens is 3. The molecule has 0 aliphatic rings. The zero-order chi connectivity index (χ0) is 21.3. The molecule has 0 saturated carbocycles. The molecule has 0 atom stereocenters. The smallest absolute Gasteiger partial charge is 0.347 e. The third-order valence-corrected chi connectivity index (χ3v) is 4.65. The van der Waals surface area contributed by atoms with Crippen molar-refractivity contribution in [1.82, 2.24) is 19.7 Å². The van der Waals surface area contributed by atoms with E-state index in [-0.39, 0.29) is 17.9 Å². The second kappa shape index (κ2) is 7.62. The van der Waals surface area contributed by atoms with Crippen molar-refractivity contribution in [3.8, 4) is 11.1 Å². The quantitative estimate of drug-likeness (QED) is 0.533. The molecule has 0 aliphatic carbocycles. The molecule has 3 heterocycles. The first kappa shape index (κ1) is 19.6. The minimum Gasteiger partial charge on any atom is -0.347 e. The van der Waals surface area contributed by atoms with Crippen molar-refractivity contribution in [2.75, 3.05) is 0 Å². The van der Waals surface area contributed by atoms with Gasteiger partial charge in [0.2, 0.25) is 0 Å². The number of aryl methyl sites for hydroxylation is 1. The van der Waals surface area contributed by atoms with Gasteiger partial charge < -0.3 is 5.32 Å². The zero-order valence-corrected chi connectivity index (χ0v) is 15.9. The van der Waals surface area contributed by atoms with Gasteiger partial charge in [-0.25, -0.2) is 4.98 Å². The van der Waals surface area contributed by atoms with Gasteiger partial charge in [0.25, 0.3) is 5.91 Å². The molecule has 30 heavy (non-hydrogen) atoms. The van der Waals surface area contributed by atoms with E-state index in [1.807, 2.05) is 43.3 Å². The van der Waals surface area contributed by atoms with E-state index in [2.05, 4.69) is 15.3 Å². The summed E-state index contributed by atoms with van der Waals surface area (Å²) in [5.74, 6) is -0.541. The van der Waals surface area contributed by atoms with Gasteiger partial charge in [-0.15, -0.1) is 0 Å². The maximum Gasteiger partial charge on any atom is 0.431 e. The summed E-state index contributed by atoms with van der Waals surface area (Å²) in [5.41, 5.74) is 2.96. The van der Waals surface area contributed by atoms with Crippen molar-refractivity contribution < 1.29 is 18.0 Å². The number of imidazole rings is 1. The molecule has 8 heteroatoms. The van der Waals surface area contributed by atoms with Crippen LogP contribution in [0.2, 0.25) is 0 Å². The fourth-order valence-electron chi connectivity index (χ4n) is 3.16. The standard InChI is InChI=1S/C22H17F3N4O/c1-14-11-17(9-10-26-14)16-7-5-15(6-8-16)12-27-21(30)18-13-29-19(22(23,24)25)3-2-4-20(29)28-18/h2-11,13H,12H2,1H3,(H,27,30). The van der Waals surface area contributed by atoms with Gasteiger partial charge in [-0.05, 0) is 47.9 Å². The van der Waals surface area contributed by atoms with Gasteiger partial charge in [-0.2, -0.15) is 13.2 Å². The van der Waals surface area contributed by atoms with Crippen LogP contribution < -0.4 is 5.32 Å². The molecule has 1 amide bonds. The van der Waals surface area contributed by atoms with E-state index in [0.29, 0.717) is 0 Å². The fourth-order valence-corrected chi connectivity index (χ4v) is 3.16. The van der Waals surface area contributed by atoms with Crippen molar-refractivity contribution in [3.05, 3.63) is 89.6 Å². The highest BCUT2D eigenvalue weighted by Gasteiger charge is 2.33. The Hall–Kier alpha value is -3.68. The number of halogens is 3. The molecular formula is C22H17F3N4O. The van der Waals surface area contributed by atoms with Gasteiger partial charge in [-0.1, -0.05) is 30.3 Å². The van der Waals surface area contributed by atoms with Crippen LogP contribution in [0.25, 0.3) is 16.8 Å². The molecule has 0 spiro atoms. The average molecular weight is 410 g/mol. The van der Waals surface area contributed by atoms with E-state index in [0.717, 1.165) is 39.0 Å². The molecule has 0 unspecified atom stereocenters. The topological polar surface area (TPSA) is 59.3 Å². The first-order valence-corrected chi connectivity index (χ1v) is 9.17. The Morgan fingerprint density at radius 2 is 1.83 bits per heavy atom. The molecule has 4 rings (SSSR count). The van der Waals surface area contributed by atoms with Crippen molar-refractivity contribution in [2.24, 2.45) is 0 Å². The Labute approximate surface area is 170 Å². The van der Waals surface area contributed by atoms with Crippen LogP contribution in [0, 0.1) is 6.92 Å². The van der Waals surface area contributed by atoms with Crippen LogP contribution in [0.4, 0.5) is 13.2 Å². The summed E-state index contributed by atoms with van der Waals surface area (Å²) in [4.78, 5) is 20.6. The number of benzene rings is 1. The van der Waals surface area contributed by atoms with E-state index in [1.54, 1.807) is 6.20 Å². The first-order chi connectivity index (χ1) is 14.3. The van der Waals surface area contributed by atoms with Crippen LogP contribution in [0.15, 0.2) is 67.0 Å². The molecule has 4 aromatic rings. The predicted molar refractivity (Wildman–Crippen MR) is 106 cm³/mol. The molecule has 1 N–H and O–H groups in total. The highest BCUT2D eigenvalue weighted by Crippen LogP contribution is 2.29. The average Bonchev–Trinajstić information content (AvgIpc) is 3.16. The summed E-state index contributed by atoms with van der Waals surface area (Å²) in [6, 6.07) is 15.2. The van der Waals surface area contributed by atoms with Crippen LogP contribution in [0.3, 0.4) is 0 Å². The number of hydrogen-bond acceptors (Lipinski definition) is 3. The molecule has 0 fully saturated rings. The highest BCUT2D eigenvalue weighted by atomic mass is 19.4. The Bertz CT molecular complexity index is 1210. The number of nitrogens with zero attached hydrogens (tertiary/aromatic N) is 3. The van der Waals surface area contributed by atoms with Crippen molar-refractivity contribution in [2.45, 2.75) is 19.6 Å². The summed E-state index contributed by atoms with van der Waals surface area (Å²) >= 11 is 0. The number of fused-ring (bicyclic) bond motifs is 1. The van der Waals surface area contributed by atoms with Gasteiger partial charge in [0.15, 0.2) is 0 Å². The normalized spacial score (nSPS) is 11.6. The Morgan fingerprint density at radius 3 is 2.53 bits per heavy atom. The number of hydrogen-bond donors (Lipinski definition) is 1. The Balaban J connectivity index is 1.47. The lowest BCUT2D eigenvalue weighted by Gasteiger charge is -2.08. The van der Waals surface area contributed by atoms with E-state index >= 15 is 0 Å². The van der Waals surface area contributed by atoms with Gasteiger partial charge in [0, 0.05) is 24.6 Å². The van der Waals surface area contributed by atoms with Crippen LogP contribution in [0.5, 0.6) is 0 Å². The Morgan fingerprint density at radius 1 is 1.07 bits per heavy atom. The fraction of sp³-hybridized carbons (Fsp3) is 0.136. The molecule has 0 aliphatic heterocycles. The molecular weight excluding hydrogens is 393 g/mol. The van der Waals surface area contributed by atoms with Crippen molar-refractivity contribution >= 4 is 11.6 Å². The maximum absolute atomic E-state index is 13.1. The number of pyridine rings is 2. The van der Waals surface area contributed by atoms with E-state index < -0.39 is 17.8 Å². The van der Waals surface area contributed by atoms with Crippen LogP contribution in [0.1, 0.15) is 27.4 Å². The third-order valence-electron chi connectivity index (χ3n) is 4.65. The molecule has 0 radical (unpaired) electrons. The van der Waals surface area contributed by atoms with Crippen molar-refractivity contribution in [3.63, 3.8) is 0 Å². The monoisotopic (exact) mass is 410 g/mol. The third kappa shape index (κ3) is 4.03. The summed E-state index contributed by atoms with van der Waals surface area (Å²) in [6.07, 6.45) is -1.69. The van der Waals surface area contributed by atoms with E-state index in [1.165, 1.54) is 12.1 Å². The highest BCUT2D eigenvalue weighted by molar-refractivity contribution is 5.92. The predicted octanol–water partition coefficient (Wildman–Crippen LogP) is 4.65. The summed E-state index contributed by atoms with van der Waals surface area (Å²) in [7, 11) is 0. The summed E-state index contributed by atoms with van der Waals surface area (Å²) in [6.45, 7) is 2.15. The lowest BCUT2D eigenvalue weighted by Crippen LogP contribution is -2.23. The minimum atomic E-state index is -4.54. The van der Waals surface area contributed by atoms with Gasteiger partial charge >= 0.3 is 6.18 Å². The van der Waals surface area contributed by atoms with Gasteiger partial charge in [0.05, 0.1) is 0 Å². The number of carbonyl (C=O) groups excluding carboxylic acids is 1. The zero-order valence-electron chi connectivity index (χ0n) is 15.9. The Kier molecular flexibility index (Phi) is 4.99. The molecule has 5 nitrogen and oxygen atoms in total. The van der Waals surface area contributed by atoms with Gasteiger partial charge in [0.1, 0.15) is 17.0 Å². The number of nitrogens with one attached hydrogen (secondary N) is 1.